The van der Waals surface area contributed by atoms with Crippen LogP contribution in [0.5, 0.6) is 0 Å². The van der Waals surface area contributed by atoms with E-state index in [1.165, 1.54) is 0 Å². The van der Waals surface area contributed by atoms with Crippen molar-refractivity contribution >= 4 is 12.2 Å². The molecular weight excluding hydrogens is 262 g/mol. The van der Waals surface area contributed by atoms with Crippen LogP contribution in [0.1, 0.15) is 40.0 Å². The van der Waals surface area contributed by atoms with Gasteiger partial charge in [-0.15, -0.1) is 0 Å². The Labute approximate surface area is 120 Å². The number of carbonyl (C=O) groups is 2. The zero-order valence-electron chi connectivity index (χ0n) is 12.6. The normalized spacial score (nSPS) is 10.9. The molecule has 4 N–H and O–H groups in total. The van der Waals surface area contributed by atoms with Gasteiger partial charge in [0.05, 0.1) is 0 Å². The Morgan fingerprint density at radius 1 is 0.950 bits per heavy atom. The number of alkyl carbamates (subject to hydrolysis) is 1. The van der Waals surface area contributed by atoms with E-state index < -0.39 is 11.7 Å². The highest BCUT2D eigenvalue weighted by molar-refractivity contribution is 5.67. The molecule has 0 aliphatic rings. The number of carbonyl (C=O) groups excluding carboxylic acids is 1. The van der Waals surface area contributed by atoms with Crippen molar-refractivity contribution in [1.29, 1.82) is 0 Å². The molecule has 0 rings (SSSR count). The van der Waals surface area contributed by atoms with Crippen LogP contribution in [0, 0.1) is 0 Å². The van der Waals surface area contributed by atoms with Crippen molar-refractivity contribution in [3.8, 4) is 0 Å². The molecule has 0 bridgehead atoms. The fraction of sp³-hybridized carbons (Fsp3) is 0.846. The summed E-state index contributed by atoms with van der Waals surface area (Å²) in [4.78, 5) is 21.5. The Kier molecular flexibility index (Phi) is 9.53. The smallest absolute Gasteiger partial charge is 0.407 e. The lowest BCUT2D eigenvalue weighted by atomic mass is 10.2. The quantitative estimate of drug-likeness (QED) is 0.482. The average Bonchev–Trinajstić information content (AvgIpc) is 2.28. The summed E-state index contributed by atoms with van der Waals surface area (Å²) in [6.07, 6.45) is 1.22. The molecule has 0 atom stereocenters. The maximum atomic E-state index is 11.3. The molecule has 0 aromatic heterocycles. The van der Waals surface area contributed by atoms with Gasteiger partial charge >= 0.3 is 12.2 Å². The minimum atomic E-state index is -0.988. The zero-order chi connectivity index (χ0) is 15.4. The van der Waals surface area contributed by atoms with E-state index in [2.05, 4.69) is 16.0 Å². The first kappa shape index (κ1) is 18.5. The standard InChI is InChI=1S/C13H27N3O4/c1-13(2,3)20-12(19)16-9-5-4-7-14-8-6-10-15-11(17)18/h14-15H,4-10H2,1-3H3,(H,16,19)(H,17,18). The molecule has 7 heteroatoms. The van der Waals surface area contributed by atoms with Crippen LogP contribution in [-0.4, -0.2) is 49.1 Å². The van der Waals surface area contributed by atoms with Crippen molar-refractivity contribution in [2.75, 3.05) is 26.2 Å². The van der Waals surface area contributed by atoms with Crippen LogP contribution >= 0.6 is 0 Å². The van der Waals surface area contributed by atoms with Gasteiger partial charge in [-0.1, -0.05) is 0 Å². The maximum absolute atomic E-state index is 11.3. The van der Waals surface area contributed by atoms with E-state index in [0.717, 1.165) is 32.4 Å². The molecule has 0 unspecified atom stereocenters. The van der Waals surface area contributed by atoms with Crippen LogP contribution in [0.4, 0.5) is 9.59 Å². The highest BCUT2D eigenvalue weighted by Crippen LogP contribution is 2.06. The minimum absolute atomic E-state index is 0.384. The van der Waals surface area contributed by atoms with Gasteiger partial charge in [0, 0.05) is 13.1 Å². The van der Waals surface area contributed by atoms with Crippen LogP contribution in [-0.2, 0) is 4.74 Å². The summed E-state index contributed by atoms with van der Waals surface area (Å²) < 4.78 is 5.11. The molecule has 0 aliphatic heterocycles. The van der Waals surface area contributed by atoms with Gasteiger partial charge in [-0.25, -0.2) is 9.59 Å². The summed E-state index contributed by atoms with van der Waals surface area (Å²) in [6, 6.07) is 0. The van der Waals surface area contributed by atoms with Crippen molar-refractivity contribution in [3.63, 3.8) is 0 Å². The lowest BCUT2D eigenvalue weighted by Gasteiger charge is -2.19. The summed E-state index contributed by atoms with van der Waals surface area (Å²) in [5.74, 6) is 0. The van der Waals surface area contributed by atoms with E-state index in [0.29, 0.717) is 13.1 Å². The van der Waals surface area contributed by atoms with Crippen LogP contribution in [0.15, 0.2) is 0 Å². The first-order chi connectivity index (χ1) is 9.31. The van der Waals surface area contributed by atoms with E-state index in [9.17, 15) is 9.59 Å². The van der Waals surface area contributed by atoms with Gasteiger partial charge in [-0.05, 0) is 53.1 Å². The Morgan fingerprint density at radius 2 is 1.50 bits per heavy atom. The molecule has 0 fully saturated rings. The second-order valence-electron chi connectivity index (χ2n) is 5.47. The molecule has 7 nitrogen and oxygen atoms in total. The molecule has 0 heterocycles. The Morgan fingerprint density at radius 3 is 2.10 bits per heavy atom. The zero-order valence-corrected chi connectivity index (χ0v) is 12.6. The minimum Gasteiger partial charge on any atom is -0.465 e. The van der Waals surface area contributed by atoms with Crippen molar-refractivity contribution in [1.82, 2.24) is 16.0 Å². The monoisotopic (exact) mass is 289 g/mol. The van der Waals surface area contributed by atoms with Crippen molar-refractivity contribution < 1.29 is 19.4 Å². The van der Waals surface area contributed by atoms with E-state index in [4.69, 9.17) is 9.84 Å². The molecule has 0 radical (unpaired) electrons. The van der Waals surface area contributed by atoms with Gasteiger partial charge < -0.3 is 25.8 Å². The van der Waals surface area contributed by atoms with Gasteiger partial charge in [0.15, 0.2) is 0 Å². The van der Waals surface area contributed by atoms with Crippen molar-refractivity contribution in [2.45, 2.75) is 45.6 Å². The first-order valence-corrected chi connectivity index (χ1v) is 6.95. The Bertz CT molecular complexity index is 290. The van der Waals surface area contributed by atoms with E-state index in [1.54, 1.807) is 0 Å². The number of unbranched alkanes of at least 4 members (excludes halogenated alkanes) is 1. The van der Waals surface area contributed by atoms with Crippen LogP contribution in [0.25, 0.3) is 0 Å². The van der Waals surface area contributed by atoms with Crippen molar-refractivity contribution in [3.05, 3.63) is 0 Å². The van der Waals surface area contributed by atoms with Crippen molar-refractivity contribution in [2.24, 2.45) is 0 Å². The molecule has 0 spiro atoms. The molecule has 0 aliphatic carbocycles. The van der Waals surface area contributed by atoms with E-state index in [-0.39, 0.29) is 6.09 Å². The SMILES string of the molecule is CC(C)(C)OC(=O)NCCCCNCCCNC(=O)O. The lowest BCUT2D eigenvalue weighted by molar-refractivity contribution is 0.0527. The van der Waals surface area contributed by atoms with Gasteiger partial charge in [-0.2, -0.15) is 0 Å². The number of amides is 2. The van der Waals surface area contributed by atoms with Gasteiger partial charge in [-0.3, -0.25) is 0 Å². The maximum Gasteiger partial charge on any atom is 0.407 e. The molecule has 20 heavy (non-hydrogen) atoms. The summed E-state index contributed by atoms with van der Waals surface area (Å²) >= 11 is 0. The second-order valence-corrected chi connectivity index (χ2v) is 5.47. The topological polar surface area (TPSA) is 99.7 Å². The second kappa shape index (κ2) is 10.3. The van der Waals surface area contributed by atoms with Gasteiger partial charge in [0.25, 0.3) is 0 Å². The third kappa shape index (κ3) is 14.6. The summed E-state index contributed by atoms with van der Waals surface area (Å²) in [7, 11) is 0. The first-order valence-electron chi connectivity index (χ1n) is 6.95. The molecule has 0 aromatic carbocycles. The lowest BCUT2D eigenvalue weighted by Crippen LogP contribution is -2.33. The molecule has 118 valence electrons. The average molecular weight is 289 g/mol. The molecule has 0 saturated carbocycles. The molecule has 0 aromatic rings. The number of hydrogen-bond acceptors (Lipinski definition) is 4. The predicted octanol–water partition coefficient (Wildman–Crippen LogP) is 1.54. The molecule has 2 amide bonds. The summed E-state index contributed by atoms with van der Waals surface area (Å²) in [5.41, 5.74) is -0.463. The van der Waals surface area contributed by atoms with Crippen LogP contribution in [0.3, 0.4) is 0 Å². The summed E-state index contributed by atoms with van der Waals surface area (Å²) in [6.45, 7) is 8.17. The van der Waals surface area contributed by atoms with Gasteiger partial charge in [0.2, 0.25) is 0 Å². The number of nitrogens with one attached hydrogen (secondary N) is 3. The fourth-order valence-corrected chi connectivity index (χ4v) is 1.41. The Hall–Kier alpha value is -1.50. The van der Waals surface area contributed by atoms with E-state index >= 15 is 0 Å². The Balaban J connectivity index is 3.25. The molecule has 0 saturated heterocycles. The van der Waals surface area contributed by atoms with Crippen LogP contribution < -0.4 is 16.0 Å². The fourth-order valence-electron chi connectivity index (χ4n) is 1.41. The van der Waals surface area contributed by atoms with E-state index in [1.807, 2.05) is 20.8 Å². The highest BCUT2D eigenvalue weighted by Gasteiger charge is 2.15. The largest absolute Gasteiger partial charge is 0.465 e. The highest BCUT2D eigenvalue weighted by atomic mass is 16.6. The molecular formula is C13H27N3O4. The van der Waals surface area contributed by atoms with Gasteiger partial charge in [0.1, 0.15) is 5.60 Å². The number of carboxylic acid groups (broad SMARTS) is 1. The van der Waals surface area contributed by atoms with Crippen LogP contribution in [0.2, 0.25) is 0 Å². The number of rotatable bonds is 9. The third-order valence-electron chi connectivity index (χ3n) is 2.26. The third-order valence-corrected chi connectivity index (χ3v) is 2.26. The summed E-state index contributed by atoms with van der Waals surface area (Å²) in [5, 5.41) is 16.6. The predicted molar refractivity (Wildman–Crippen MR) is 77.0 cm³/mol. The number of hydrogen-bond donors (Lipinski definition) is 4. The number of ether oxygens (including phenoxy) is 1.